The fraction of sp³-hybridized carbons (Fsp3) is 0.263. The van der Waals surface area contributed by atoms with Gasteiger partial charge in [0, 0.05) is 37.2 Å². The molecule has 8 heteroatoms. The van der Waals surface area contributed by atoms with Crippen LogP contribution in [0.4, 0.5) is 0 Å². The van der Waals surface area contributed by atoms with Crippen molar-refractivity contribution in [3.63, 3.8) is 0 Å². The van der Waals surface area contributed by atoms with E-state index in [9.17, 15) is 0 Å². The van der Waals surface area contributed by atoms with Crippen LogP contribution in [0.3, 0.4) is 0 Å². The van der Waals surface area contributed by atoms with Crippen molar-refractivity contribution in [3.05, 3.63) is 47.9 Å². The third-order valence-corrected chi connectivity index (χ3v) is 4.83. The molecule has 1 aliphatic heterocycles. The molecule has 0 N–H and O–H groups in total. The number of hydrogen-bond acceptors (Lipinski definition) is 6. The van der Waals surface area contributed by atoms with E-state index in [2.05, 4.69) is 24.8 Å². The average molecular weight is 362 g/mol. The van der Waals surface area contributed by atoms with Gasteiger partial charge in [-0.25, -0.2) is 4.98 Å². The Hall–Kier alpha value is -3.42. The van der Waals surface area contributed by atoms with Gasteiger partial charge in [-0.15, -0.1) is 0 Å². The first kappa shape index (κ1) is 15.8. The van der Waals surface area contributed by atoms with Crippen molar-refractivity contribution in [2.24, 2.45) is 7.05 Å². The van der Waals surface area contributed by atoms with Gasteiger partial charge in [0.25, 0.3) is 0 Å². The summed E-state index contributed by atoms with van der Waals surface area (Å²) in [6.45, 7) is 1.98. The third kappa shape index (κ3) is 2.37. The van der Waals surface area contributed by atoms with Crippen molar-refractivity contribution in [1.29, 1.82) is 0 Å². The fourth-order valence-electron chi connectivity index (χ4n) is 3.55. The van der Waals surface area contributed by atoms with Crippen LogP contribution in [0.5, 0.6) is 5.75 Å². The van der Waals surface area contributed by atoms with Crippen LogP contribution in [-0.4, -0.2) is 36.6 Å². The van der Waals surface area contributed by atoms with E-state index in [0.29, 0.717) is 24.6 Å². The topological polar surface area (TPSA) is 83.8 Å². The highest BCUT2D eigenvalue weighted by Gasteiger charge is 2.27. The summed E-state index contributed by atoms with van der Waals surface area (Å²) in [5, 5.41) is 8.80. The number of methoxy groups -OCH3 is 1. The number of ether oxygens (including phenoxy) is 1. The molecule has 0 aliphatic carbocycles. The number of fused-ring (bicyclic) bond motifs is 5. The highest BCUT2D eigenvalue weighted by molar-refractivity contribution is 5.77. The third-order valence-electron chi connectivity index (χ3n) is 4.83. The van der Waals surface area contributed by atoms with Crippen LogP contribution in [0.15, 0.2) is 35.2 Å². The van der Waals surface area contributed by atoms with Crippen molar-refractivity contribution in [1.82, 2.24) is 29.5 Å². The molecule has 4 aromatic rings. The molecule has 0 bridgehead atoms. The average Bonchev–Trinajstić information content (AvgIpc) is 3.38. The number of benzene rings is 1. The Labute approximate surface area is 155 Å². The minimum atomic E-state index is 0.517. The van der Waals surface area contributed by atoms with Gasteiger partial charge in [-0.05, 0) is 18.2 Å². The molecule has 0 fully saturated rings. The molecule has 0 saturated heterocycles. The van der Waals surface area contributed by atoms with Crippen LogP contribution in [0.2, 0.25) is 0 Å². The molecule has 4 heterocycles. The van der Waals surface area contributed by atoms with Gasteiger partial charge in [-0.3, -0.25) is 4.68 Å². The molecule has 0 atom stereocenters. The molecule has 136 valence electrons. The molecule has 8 nitrogen and oxygen atoms in total. The predicted molar refractivity (Wildman–Crippen MR) is 97.8 cm³/mol. The van der Waals surface area contributed by atoms with E-state index < -0.39 is 0 Å². The first-order valence-corrected chi connectivity index (χ1v) is 8.78. The maximum atomic E-state index is 5.43. The Kier molecular flexibility index (Phi) is 3.40. The van der Waals surface area contributed by atoms with Gasteiger partial charge in [0.05, 0.1) is 24.2 Å². The summed E-state index contributed by atoms with van der Waals surface area (Å²) in [6.07, 6.45) is 5.21. The number of aromatic nitrogens is 6. The van der Waals surface area contributed by atoms with Gasteiger partial charge in [0.15, 0.2) is 0 Å². The summed E-state index contributed by atoms with van der Waals surface area (Å²) in [5.41, 5.74) is 5.82. The molecular weight excluding hydrogens is 344 g/mol. The maximum Gasteiger partial charge on any atom is 0.226 e. The van der Waals surface area contributed by atoms with Crippen molar-refractivity contribution >= 4 is 0 Å². The van der Waals surface area contributed by atoms with E-state index in [0.717, 1.165) is 39.6 Å². The lowest BCUT2D eigenvalue weighted by atomic mass is 10.0. The minimum Gasteiger partial charge on any atom is -0.497 e. The molecule has 0 radical (unpaired) electrons. The van der Waals surface area contributed by atoms with Crippen molar-refractivity contribution in [2.45, 2.75) is 19.8 Å². The monoisotopic (exact) mass is 362 g/mol. The van der Waals surface area contributed by atoms with Gasteiger partial charge >= 0.3 is 0 Å². The second-order valence-electron chi connectivity index (χ2n) is 6.51. The maximum absolute atomic E-state index is 5.43. The van der Waals surface area contributed by atoms with Crippen LogP contribution in [0, 0.1) is 0 Å². The Balaban J connectivity index is 1.76. The smallest absolute Gasteiger partial charge is 0.226 e. The van der Waals surface area contributed by atoms with E-state index in [1.54, 1.807) is 7.11 Å². The number of rotatable bonds is 3. The number of imidazole rings is 1. The van der Waals surface area contributed by atoms with Crippen LogP contribution in [0.25, 0.3) is 28.5 Å². The normalized spacial score (nSPS) is 12.3. The molecule has 0 spiro atoms. The van der Waals surface area contributed by atoms with E-state index in [1.807, 2.05) is 49.4 Å². The summed E-state index contributed by atoms with van der Waals surface area (Å²) in [6, 6.07) is 5.99. The molecule has 0 unspecified atom stereocenters. The zero-order valence-electron chi connectivity index (χ0n) is 15.3. The molecule has 0 saturated carbocycles. The standard InChI is InChI=1S/C19H18N6O2/c1-4-16-21-19(23-27-16)18-15-7-11-9-24(2)22-17(11)13-8-12(26-3)5-6-14(13)25(15)10-20-18/h5-6,8-10H,4,7H2,1-3H3. The summed E-state index contributed by atoms with van der Waals surface area (Å²) in [7, 11) is 3.60. The highest BCUT2D eigenvalue weighted by atomic mass is 16.5. The van der Waals surface area contributed by atoms with Gasteiger partial charge in [0.2, 0.25) is 11.7 Å². The Morgan fingerprint density at radius 1 is 1.26 bits per heavy atom. The zero-order valence-corrected chi connectivity index (χ0v) is 15.3. The summed E-state index contributed by atoms with van der Waals surface area (Å²) in [4.78, 5) is 9.06. The number of nitrogens with zero attached hydrogens (tertiary/aromatic N) is 6. The zero-order chi connectivity index (χ0) is 18.5. The van der Waals surface area contributed by atoms with E-state index >= 15 is 0 Å². The molecule has 3 aromatic heterocycles. The lowest BCUT2D eigenvalue weighted by Gasteiger charge is -2.11. The summed E-state index contributed by atoms with van der Waals surface area (Å²) in [5.74, 6) is 1.91. The van der Waals surface area contributed by atoms with E-state index in [4.69, 9.17) is 9.26 Å². The van der Waals surface area contributed by atoms with Crippen molar-refractivity contribution in [3.8, 4) is 34.2 Å². The van der Waals surface area contributed by atoms with Gasteiger partial charge < -0.3 is 13.8 Å². The van der Waals surface area contributed by atoms with Crippen LogP contribution < -0.4 is 4.74 Å². The summed E-state index contributed by atoms with van der Waals surface area (Å²) < 4.78 is 14.6. The van der Waals surface area contributed by atoms with Gasteiger partial charge in [0.1, 0.15) is 17.8 Å². The lowest BCUT2D eigenvalue weighted by molar-refractivity contribution is 0.382. The molecule has 5 rings (SSSR count). The van der Waals surface area contributed by atoms with Crippen LogP contribution in [0.1, 0.15) is 24.1 Å². The van der Waals surface area contributed by atoms with Crippen LogP contribution in [-0.2, 0) is 19.9 Å². The van der Waals surface area contributed by atoms with Crippen LogP contribution >= 0.6 is 0 Å². The highest BCUT2D eigenvalue weighted by Crippen LogP contribution is 2.38. The van der Waals surface area contributed by atoms with E-state index in [-0.39, 0.29) is 0 Å². The fourth-order valence-corrected chi connectivity index (χ4v) is 3.55. The van der Waals surface area contributed by atoms with Crippen molar-refractivity contribution in [2.75, 3.05) is 7.11 Å². The number of aryl methyl sites for hydroxylation is 2. The van der Waals surface area contributed by atoms with Crippen molar-refractivity contribution < 1.29 is 9.26 Å². The molecule has 0 amide bonds. The molecule has 1 aromatic carbocycles. The Bertz CT molecular complexity index is 1150. The first-order valence-electron chi connectivity index (χ1n) is 8.78. The molecular formula is C19H18N6O2. The molecule has 1 aliphatic rings. The quantitative estimate of drug-likeness (QED) is 0.491. The Morgan fingerprint density at radius 3 is 2.93 bits per heavy atom. The second-order valence-corrected chi connectivity index (χ2v) is 6.51. The lowest BCUT2D eigenvalue weighted by Crippen LogP contribution is -2.01. The molecule has 27 heavy (non-hydrogen) atoms. The van der Waals surface area contributed by atoms with E-state index in [1.165, 1.54) is 0 Å². The number of hydrogen-bond donors (Lipinski definition) is 0. The minimum absolute atomic E-state index is 0.517. The Morgan fingerprint density at radius 2 is 2.15 bits per heavy atom. The largest absolute Gasteiger partial charge is 0.497 e. The van der Waals surface area contributed by atoms with Gasteiger partial charge in [-0.2, -0.15) is 10.1 Å². The SMILES string of the molecule is CCc1nc(-c2ncn3c2Cc2cn(C)nc2-c2cc(OC)ccc2-3)no1. The van der Waals surface area contributed by atoms with Gasteiger partial charge in [-0.1, -0.05) is 12.1 Å². The first-order chi connectivity index (χ1) is 13.2. The second kappa shape index (κ2) is 5.80. The predicted octanol–water partition coefficient (Wildman–Crippen LogP) is 2.80. The summed E-state index contributed by atoms with van der Waals surface area (Å²) >= 11 is 0.